The van der Waals surface area contributed by atoms with E-state index in [1.165, 1.54) is 6.07 Å². The fourth-order valence-corrected chi connectivity index (χ4v) is 2.42. The van der Waals surface area contributed by atoms with Crippen LogP contribution in [0.3, 0.4) is 0 Å². The van der Waals surface area contributed by atoms with Gasteiger partial charge in [0.05, 0.1) is 9.50 Å². The van der Waals surface area contributed by atoms with E-state index in [0.717, 1.165) is 18.4 Å². The van der Waals surface area contributed by atoms with Crippen molar-refractivity contribution in [1.29, 1.82) is 0 Å². The molecule has 0 saturated heterocycles. The molecule has 1 nitrogen and oxygen atoms in total. The van der Waals surface area contributed by atoms with Gasteiger partial charge in [0.15, 0.2) is 0 Å². The number of nitrogens with two attached hydrogens (primary N) is 1. The van der Waals surface area contributed by atoms with Gasteiger partial charge in [0.2, 0.25) is 0 Å². The molecule has 2 rings (SSSR count). The molecule has 1 saturated carbocycles. The molecular formula is C11H12BrClFN. The number of hydrogen-bond acceptors (Lipinski definition) is 1. The molecule has 0 heterocycles. The highest BCUT2D eigenvalue weighted by atomic mass is 79.9. The third-order valence-electron chi connectivity index (χ3n) is 3.22. The molecule has 0 radical (unpaired) electrons. The highest BCUT2D eigenvalue weighted by Gasteiger charge is 2.47. The summed E-state index contributed by atoms with van der Waals surface area (Å²) in [7, 11) is 0. The number of halogens is 3. The van der Waals surface area contributed by atoms with Gasteiger partial charge in [-0.05, 0) is 53.4 Å². The van der Waals surface area contributed by atoms with Crippen molar-refractivity contribution in [2.75, 3.05) is 0 Å². The minimum Gasteiger partial charge on any atom is -0.327 e. The minimum absolute atomic E-state index is 0.0362. The lowest BCUT2D eigenvalue weighted by Crippen LogP contribution is -2.31. The van der Waals surface area contributed by atoms with Crippen molar-refractivity contribution in [1.82, 2.24) is 0 Å². The van der Waals surface area contributed by atoms with Gasteiger partial charge in [0.25, 0.3) is 0 Å². The molecule has 4 heteroatoms. The maximum Gasteiger partial charge on any atom is 0.139 e. The molecule has 1 aliphatic rings. The summed E-state index contributed by atoms with van der Waals surface area (Å²) in [5, 5.41) is 0.414. The van der Waals surface area contributed by atoms with Gasteiger partial charge in [-0.25, -0.2) is 4.39 Å². The van der Waals surface area contributed by atoms with E-state index >= 15 is 0 Å². The second-order valence-electron chi connectivity index (χ2n) is 4.20. The van der Waals surface area contributed by atoms with Crippen molar-refractivity contribution in [2.24, 2.45) is 5.73 Å². The van der Waals surface area contributed by atoms with E-state index in [1.807, 2.05) is 13.0 Å². The van der Waals surface area contributed by atoms with Crippen LogP contribution in [0.1, 0.15) is 25.3 Å². The first kappa shape index (κ1) is 11.4. The standard InChI is InChI=1S/C11H12BrClFN/c1-6(15)11(2-3-11)7-4-8(13)10(12)9(14)5-7/h4-6H,2-3,15H2,1H3. The van der Waals surface area contributed by atoms with E-state index in [4.69, 9.17) is 17.3 Å². The molecule has 0 bridgehead atoms. The lowest BCUT2D eigenvalue weighted by Gasteiger charge is -2.20. The summed E-state index contributed by atoms with van der Waals surface area (Å²) in [6.45, 7) is 1.96. The summed E-state index contributed by atoms with van der Waals surface area (Å²) in [4.78, 5) is 0. The number of rotatable bonds is 2. The lowest BCUT2D eigenvalue weighted by molar-refractivity contribution is 0.547. The van der Waals surface area contributed by atoms with Gasteiger partial charge in [-0.1, -0.05) is 11.6 Å². The van der Waals surface area contributed by atoms with Crippen LogP contribution < -0.4 is 5.73 Å². The van der Waals surface area contributed by atoms with Crippen molar-refractivity contribution in [3.63, 3.8) is 0 Å². The molecule has 15 heavy (non-hydrogen) atoms. The molecule has 1 aliphatic carbocycles. The fraction of sp³-hybridized carbons (Fsp3) is 0.455. The Bertz CT molecular complexity index is 379. The van der Waals surface area contributed by atoms with Crippen LogP contribution in [0.5, 0.6) is 0 Å². The van der Waals surface area contributed by atoms with Gasteiger partial charge < -0.3 is 5.73 Å². The maximum atomic E-state index is 13.5. The Balaban J connectivity index is 2.47. The van der Waals surface area contributed by atoms with Gasteiger partial charge in [0.1, 0.15) is 5.82 Å². The molecule has 1 aromatic carbocycles. The Hall–Kier alpha value is -0.120. The van der Waals surface area contributed by atoms with E-state index < -0.39 is 0 Å². The average molecular weight is 293 g/mol. The van der Waals surface area contributed by atoms with E-state index in [1.54, 1.807) is 0 Å². The molecule has 1 unspecified atom stereocenters. The monoisotopic (exact) mass is 291 g/mol. The molecule has 0 amide bonds. The summed E-state index contributed by atoms with van der Waals surface area (Å²) in [5.41, 5.74) is 6.79. The first-order valence-corrected chi connectivity index (χ1v) is 6.05. The predicted octanol–water partition coefficient (Wildman–Crippen LogP) is 3.62. The second kappa shape index (κ2) is 3.72. The van der Waals surface area contributed by atoms with Gasteiger partial charge >= 0.3 is 0 Å². The molecule has 82 valence electrons. The summed E-state index contributed by atoms with van der Waals surface area (Å²) >= 11 is 9.03. The van der Waals surface area contributed by atoms with Crippen LogP contribution in [-0.2, 0) is 5.41 Å². The molecular weight excluding hydrogens is 280 g/mol. The van der Waals surface area contributed by atoms with Gasteiger partial charge in [0, 0.05) is 11.5 Å². The highest BCUT2D eigenvalue weighted by molar-refractivity contribution is 9.10. The quantitative estimate of drug-likeness (QED) is 0.828. The summed E-state index contributed by atoms with van der Waals surface area (Å²) in [5.74, 6) is -0.315. The van der Waals surface area contributed by atoms with Crippen LogP contribution in [0, 0.1) is 5.82 Å². The largest absolute Gasteiger partial charge is 0.327 e. The Morgan fingerprint density at radius 1 is 1.53 bits per heavy atom. The molecule has 2 N–H and O–H groups in total. The number of benzene rings is 1. The minimum atomic E-state index is -0.315. The molecule has 1 aromatic rings. The van der Waals surface area contributed by atoms with Crippen LogP contribution in [0.15, 0.2) is 16.6 Å². The first-order valence-electron chi connectivity index (χ1n) is 4.88. The van der Waals surface area contributed by atoms with Crippen molar-refractivity contribution >= 4 is 27.5 Å². The van der Waals surface area contributed by atoms with Crippen LogP contribution >= 0.6 is 27.5 Å². The zero-order valence-corrected chi connectivity index (χ0v) is 10.7. The summed E-state index contributed by atoms with van der Waals surface area (Å²) in [6.07, 6.45) is 2.03. The van der Waals surface area contributed by atoms with Crippen molar-refractivity contribution < 1.29 is 4.39 Å². The predicted molar refractivity (Wildman–Crippen MR) is 63.7 cm³/mol. The van der Waals surface area contributed by atoms with Crippen molar-refractivity contribution in [2.45, 2.75) is 31.2 Å². The van der Waals surface area contributed by atoms with Gasteiger partial charge in [-0.15, -0.1) is 0 Å². The first-order chi connectivity index (χ1) is 6.97. The van der Waals surface area contributed by atoms with E-state index in [9.17, 15) is 4.39 Å². The summed E-state index contributed by atoms with van der Waals surface area (Å²) < 4.78 is 13.8. The zero-order chi connectivity index (χ0) is 11.2. The van der Waals surface area contributed by atoms with Crippen LogP contribution in [0.4, 0.5) is 4.39 Å². The maximum absolute atomic E-state index is 13.5. The smallest absolute Gasteiger partial charge is 0.139 e. The van der Waals surface area contributed by atoms with E-state index in [-0.39, 0.29) is 17.3 Å². The Labute approximate surface area is 102 Å². The molecule has 1 fully saturated rings. The highest BCUT2D eigenvalue weighted by Crippen LogP contribution is 2.51. The zero-order valence-electron chi connectivity index (χ0n) is 8.36. The van der Waals surface area contributed by atoms with Crippen LogP contribution in [0.25, 0.3) is 0 Å². The molecule has 0 aliphatic heterocycles. The Kier molecular flexibility index (Phi) is 2.82. The van der Waals surface area contributed by atoms with Crippen LogP contribution in [0.2, 0.25) is 5.02 Å². The molecule has 1 atom stereocenters. The normalized spacial score (nSPS) is 20.1. The van der Waals surface area contributed by atoms with Gasteiger partial charge in [-0.3, -0.25) is 0 Å². The Morgan fingerprint density at radius 3 is 2.53 bits per heavy atom. The van der Waals surface area contributed by atoms with Crippen molar-refractivity contribution in [3.8, 4) is 0 Å². The average Bonchev–Trinajstić information content (AvgIpc) is 2.93. The fourth-order valence-electron chi connectivity index (χ4n) is 1.98. The topological polar surface area (TPSA) is 26.0 Å². The van der Waals surface area contributed by atoms with Gasteiger partial charge in [-0.2, -0.15) is 0 Å². The van der Waals surface area contributed by atoms with Crippen LogP contribution in [-0.4, -0.2) is 6.04 Å². The van der Waals surface area contributed by atoms with E-state index in [2.05, 4.69) is 15.9 Å². The molecule has 0 spiro atoms. The second-order valence-corrected chi connectivity index (χ2v) is 5.40. The molecule has 0 aromatic heterocycles. The third kappa shape index (κ3) is 1.81. The SMILES string of the molecule is CC(N)C1(c2cc(F)c(Br)c(Cl)c2)CC1. The Morgan fingerprint density at radius 2 is 2.13 bits per heavy atom. The van der Waals surface area contributed by atoms with Crippen molar-refractivity contribution in [3.05, 3.63) is 33.0 Å². The lowest BCUT2D eigenvalue weighted by atomic mass is 9.89. The summed E-state index contributed by atoms with van der Waals surface area (Å²) in [6, 6.07) is 3.38. The third-order valence-corrected chi connectivity index (χ3v) is 4.55. The van der Waals surface area contributed by atoms with E-state index in [0.29, 0.717) is 9.50 Å². The number of hydrogen-bond donors (Lipinski definition) is 1.